The highest BCUT2D eigenvalue weighted by molar-refractivity contribution is 5.90. The van der Waals surface area contributed by atoms with Crippen LogP contribution in [0.25, 0.3) is 28.0 Å². The Balaban J connectivity index is 1.74. The van der Waals surface area contributed by atoms with Crippen molar-refractivity contribution < 1.29 is 36.2 Å². The lowest BCUT2D eigenvalue weighted by Crippen LogP contribution is -2.50. The molecule has 37 heavy (non-hydrogen) atoms. The van der Waals surface area contributed by atoms with Crippen molar-refractivity contribution in [2.45, 2.75) is 37.2 Å². The van der Waals surface area contributed by atoms with Gasteiger partial charge in [0.15, 0.2) is 11.3 Å². The number of hydrogen-bond donors (Lipinski definition) is 2. The van der Waals surface area contributed by atoms with Crippen molar-refractivity contribution in [3.05, 3.63) is 77.6 Å². The van der Waals surface area contributed by atoms with Crippen LogP contribution in [0, 0.1) is 0 Å². The molecular formula is C25H18F6N4O2. The molecule has 12 heteroatoms. The zero-order valence-electron chi connectivity index (χ0n) is 18.9. The maximum atomic E-state index is 13.9. The van der Waals surface area contributed by atoms with E-state index in [1.54, 1.807) is 54.6 Å². The summed E-state index contributed by atoms with van der Waals surface area (Å²) in [6.07, 6.45) is -9.44. The molecular weight excluding hydrogens is 502 g/mol. The maximum Gasteiger partial charge on any atom is 0.433 e. The first kappa shape index (κ1) is 24.6. The van der Waals surface area contributed by atoms with E-state index in [1.807, 2.05) is 0 Å². The Kier molecular flexibility index (Phi) is 5.65. The summed E-state index contributed by atoms with van der Waals surface area (Å²) in [6, 6.07) is 14.3. The third-order valence-corrected chi connectivity index (χ3v) is 6.50. The molecule has 6 nitrogen and oxygen atoms in total. The first-order valence-electron chi connectivity index (χ1n) is 11.1. The van der Waals surface area contributed by atoms with Gasteiger partial charge in [0.1, 0.15) is 11.4 Å². The second kappa shape index (κ2) is 8.49. The highest BCUT2D eigenvalue weighted by Crippen LogP contribution is 2.43. The van der Waals surface area contributed by atoms with Gasteiger partial charge in [-0.15, -0.1) is 0 Å². The fraction of sp³-hybridized carbons (Fsp3) is 0.240. The first-order chi connectivity index (χ1) is 17.4. The van der Waals surface area contributed by atoms with Gasteiger partial charge in [-0.1, -0.05) is 54.6 Å². The van der Waals surface area contributed by atoms with Crippen LogP contribution in [0.4, 0.5) is 31.1 Å². The largest absolute Gasteiger partial charge is 0.465 e. The Hall–Kier alpha value is -4.09. The van der Waals surface area contributed by atoms with E-state index in [4.69, 9.17) is 0 Å². The molecule has 0 radical (unpaired) electrons. The predicted octanol–water partition coefficient (Wildman–Crippen LogP) is 6.75. The molecule has 0 saturated heterocycles. The predicted molar refractivity (Wildman–Crippen MR) is 121 cm³/mol. The molecule has 2 N–H and O–H groups in total. The van der Waals surface area contributed by atoms with E-state index in [9.17, 15) is 36.2 Å². The van der Waals surface area contributed by atoms with Gasteiger partial charge in [-0.2, -0.15) is 31.4 Å². The fourth-order valence-corrected chi connectivity index (χ4v) is 4.61. The van der Waals surface area contributed by atoms with E-state index in [0.29, 0.717) is 34.0 Å². The topological polar surface area (TPSA) is 79.5 Å². The summed E-state index contributed by atoms with van der Waals surface area (Å²) in [7, 11) is 0. The average molecular weight is 520 g/mol. The summed E-state index contributed by atoms with van der Waals surface area (Å²) in [6.45, 7) is 0. The number of aromatic nitrogens is 3. The number of nitrogens with zero attached hydrogens (tertiary/aromatic N) is 3. The van der Waals surface area contributed by atoms with Crippen molar-refractivity contribution in [1.29, 1.82) is 0 Å². The standard InChI is InChI=1S/C25H18F6N4O2/c26-24(27,28)17-13-18(25(29,30)31)35-21(32-17)19(14-5-2-1-3-6-14)20(34-35)15-7-9-16(10-8-15)23(11-4-12-23)33-22(36)37/h1-3,5-10,13,33H,4,11-12H2,(H,36,37). The Morgan fingerprint density at radius 1 is 0.919 bits per heavy atom. The lowest BCUT2D eigenvalue weighted by molar-refractivity contribution is -0.148. The van der Waals surface area contributed by atoms with Gasteiger partial charge >= 0.3 is 18.4 Å². The number of benzene rings is 2. The maximum absolute atomic E-state index is 13.9. The molecule has 0 aliphatic heterocycles. The minimum absolute atomic E-state index is 0.00364. The molecule has 192 valence electrons. The van der Waals surface area contributed by atoms with Crippen LogP contribution >= 0.6 is 0 Å². The number of carbonyl (C=O) groups is 1. The number of alkyl halides is 6. The SMILES string of the molecule is O=C(O)NC1(c2ccc(-c3nn4c(C(F)(F)F)cc(C(F)(F)F)nc4c3-c3ccccc3)cc2)CCC1. The Labute approximate surface area is 205 Å². The number of halogens is 6. The van der Waals surface area contributed by atoms with Crippen LogP contribution in [0.5, 0.6) is 0 Å². The number of carboxylic acid groups (broad SMARTS) is 1. The minimum atomic E-state index is -5.14. The van der Waals surface area contributed by atoms with Crippen molar-refractivity contribution in [2.24, 2.45) is 0 Å². The molecule has 4 aromatic rings. The Bertz CT molecular complexity index is 1470. The molecule has 0 unspecified atom stereocenters. The van der Waals surface area contributed by atoms with Crippen molar-refractivity contribution >= 4 is 11.7 Å². The van der Waals surface area contributed by atoms with Crippen molar-refractivity contribution in [3.63, 3.8) is 0 Å². The van der Waals surface area contributed by atoms with Crippen LogP contribution < -0.4 is 5.32 Å². The Morgan fingerprint density at radius 2 is 1.57 bits per heavy atom. The van der Waals surface area contributed by atoms with Crippen LogP contribution in [0.1, 0.15) is 36.2 Å². The quantitative estimate of drug-likeness (QED) is 0.292. The van der Waals surface area contributed by atoms with E-state index in [0.717, 1.165) is 6.42 Å². The molecule has 2 aromatic carbocycles. The van der Waals surface area contributed by atoms with Gasteiger partial charge in [0, 0.05) is 5.56 Å². The van der Waals surface area contributed by atoms with Gasteiger partial charge in [-0.05, 0) is 36.5 Å². The van der Waals surface area contributed by atoms with E-state index in [2.05, 4.69) is 15.4 Å². The lowest BCUT2D eigenvalue weighted by Gasteiger charge is -2.42. The zero-order chi connectivity index (χ0) is 26.6. The van der Waals surface area contributed by atoms with Gasteiger partial charge in [0.05, 0.1) is 11.1 Å². The highest BCUT2D eigenvalue weighted by atomic mass is 19.4. The molecule has 2 heterocycles. The van der Waals surface area contributed by atoms with Crippen molar-refractivity contribution in [3.8, 4) is 22.4 Å². The van der Waals surface area contributed by atoms with E-state index < -0.39 is 41.0 Å². The van der Waals surface area contributed by atoms with Crippen molar-refractivity contribution in [2.75, 3.05) is 0 Å². The van der Waals surface area contributed by atoms with E-state index >= 15 is 0 Å². The smallest absolute Gasteiger partial charge is 0.433 e. The second-order valence-electron chi connectivity index (χ2n) is 8.79. The van der Waals surface area contributed by atoms with Gasteiger partial charge in [0.2, 0.25) is 0 Å². The zero-order valence-corrected chi connectivity index (χ0v) is 18.9. The van der Waals surface area contributed by atoms with Crippen LogP contribution in [0.2, 0.25) is 0 Å². The summed E-state index contributed by atoms with van der Waals surface area (Å²) < 4.78 is 82.5. The Morgan fingerprint density at radius 3 is 2.08 bits per heavy atom. The van der Waals surface area contributed by atoms with Crippen LogP contribution in [0.15, 0.2) is 60.7 Å². The van der Waals surface area contributed by atoms with E-state index in [1.165, 1.54) is 0 Å². The summed E-state index contributed by atoms with van der Waals surface area (Å²) in [5.74, 6) is 0. The third kappa shape index (κ3) is 4.36. The van der Waals surface area contributed by atoms with Crippen LogP contribution in [-0.4, -0.2) is 25.8 Å². The number of hydrogen-bond acceptors (Lipinski definition) is 3. The summed E-state index contributed by atoms with van der Waals surface area (Å²) in [4.78, 5) is 14.8. The number of fused-ring (bicyclic) bond motifs is 1. The molecule has 5 rings (SSSR count). The normalized spacial score (nSPS) is 15.4. The van der Waals surface area contributed by atoms with E-state index in [-0.39, 0.29) is 17.3 Å². The number of amides is 1. The lowest BCUT2D eigenvalue weighted by atomic mass is 9.71. The molecule has 0 atom stereocenters. The molecule has 0 spiro atoms. The molecule has 1 fully saturated rings. The number of nitrogens with one attached hydrogen (secondary N) is 1. The minimum Gasteiger partial charge on any atom is -0.465 e. The van der Waals surface area contributed by atoms with Gasteiger partial charge in [0.25, 0.3) is 0 Å². The number of rotatable bonds is 4. The third-order valence-electron chi connectivity index (χ3n) is 6.50. The van der Waals surface area contributed by atoms with Gasteiger partial charge in [-0.3, -0.25) is 0 Å². The molecule has 0 bridgehead atoms. The second-order valence-corrected chi connectivity index (χ2v) is 8.79. The van der Waals surface area contributed by atoms with Crippen LogP contribution in [-0.2, 0) is 17.9 Å². The molecule has 1 aliphatic rings. The summed E-state index contributed by atoms with van der Waals surface area (Å²) in [5, 5.41) is 15.8. The van der Waals surface area contributed by atoms with Crippen molar-refractivity contribution in [1.82, 2.24) is 19.9 Å². The average Bonchev–Trinajstić information content (AvgIpc) is 3.19. The first-order valence-corrected chi connectivity index (χ1v) is 11.1. The molecule has 2 aromatic heterocycles. The molecule has 1 amide bonds. The summed E-state index contributed by atoms with van der Waals surface area (Å²) >= 11 is 0. The fourth-order valence-electron chi connectivity index (χ4n) is 4.61. The molecule has 1 saturated carbocycles. The molecule has 1 aliphatic carbocycles. The van der Waals surface area contributed by atoms with Gasteiger partial charge < -0.3 is 10.4 Å². The highest BCUT2D eigenvalue weighted by Gasteiger charge is 2.42. The van der Waals surface area contributed by atoms with Crippen LogP contribution in [0.3, 0.4) is 0 Å². The monoisotopic (exact) mass is 520 g/mol. The summed E-state index contributed by atoms with van der Waals surface area (Å²) in [5.41, 5.74) is -3.30. The van der Waals surface area contributed by atoms with Gasteiger partial charge in [-0.25, -0.2) is 14.3 Å².